The van der Waals surface area contributed by atoms with Gasteiger partial charge in [0.2, 0.25) is 5.91 Å². The van der Waals surface area contributed by atoms with Crippen molar-refractivity contribution in [2.45, 2.75) is 32.1 Å². The Morgan fingerprint density at radius 2 is 2.10 bits per heavy atom. The molecule has 0 aromatic heterocycles. The highest BCUT2D eigenvalue weighted by atomic mass is 32.2. The van der Waals surface area contributed by atoms with Gasteiger partial charge in [0.25, 0.3) is 0 Å². The molecule has 156 valence electrons. The molecule has 3 N–H and O–H groups in total. The summed E-state index contributed by atoms with van der Waals surface area (Å²) in [4.78, 5) is 14.0. The highest BCUT2D eigenvalue weighted by Gasteiger charge is 2.30. The molecule has 1 aromatic carbocycles. The maximum Gasteiger partial charge on any atom is 0.224 e. The van der Waals surface area contributed by atoms with E-state index in [0.29, 0.717) is 37.3 Å². The lowest BCUT2D eigenvalue weighted by atomic mass is 10.1. The van der Waals surface area contributed by atoms with Crippen LogP contribution in [0.4, 0.5) is 17.1 Å². The highest BCUT2D eigenvalue weighted by molar-refractivity contribution is 7.99. The summed E-state index contributed by atoms with van der Waals surface area (Å²) < 4.78 is 4.19. The smallest absolute Gasteiger partial charge is 0.224 e. The summed E-state index contributed by atoms with van der Waals surface area (Å²) in [5, 5.41) is 38.8. The van der Waals surface area contributed by atoms with Crippen LogP contribution in [0.2, 0.25) is 0 Å². The van der Waals surface area contributed by atoms with Crippen LogP contribution in [0.15, 0.2) is 32.8 Å². The molecule has 0 fully saturated rings. The Kier molecular flexibility index (Phi) is 9.05. The van der Waals surface area contributed by atoms with E-state index in [9.17, 15) is 20.3 Å². The Bertz CT molecular complexity index is 802. The number of hydrogen-bond acceptors (Lipinski definition) is 9. The number of carbonyl (C=O) groups is 1. The van der Waals surface area contributed by atoms with Crippen LogP contribution < -0.4 is 10.2 Å². The standard InChI is InChI=1S/C19H26N6O3S/c1-3-4-18(28)21-17-11-14(25(7-9-26)8-10-27)5-6-16(17)22-23-19-15(12-20)13(2)24-29-19/h5-6,11,15,19,26-27H,3-4,7-10H2,1-2H3,(H,21,28)/b23-22+. The monoisotopic (exact) mass is 418 g/mol. The van der Waals surface area contributed by atoms with Crippen LogP contribution in [0.25, 0.3) is 0 Å². The lowest BCUT2D eigenvalue weighted by Crippen LogP contribution is -2.29. The van der Waals surface area contributed by atoms with Gasteiger partial charge in [-0.25, -0.2) is 4.40 Å². The van der Waals surface area contributed by atoms with E-state index in [1.807, 2.05) is 11.8 Å². The Hall–Kier alpha value is -2.48. The number of hydrogen-bond donors (Lipinski definition) is 3. The van der Waals surface area contributed by atoms with E-state index in [1.54, 1.807) is 25.1 Å². The van der Waals surface area contributed by atoms with Gasteiger partial charge >= 0.3 is 0 Å². The van der Waals surface area contributed by atoms with Gasteiger partial charge < -0.3 is 20.4 Å². The van der Waals surface area contributed by atoms with Crippen molar-refractivity contribution >= 4 is 40.6 Å². The second-order valence-electron chi connectivity index (χ2n) is 6.48. The number of anilines is 2. The van der Waals surface area contributed by atoms with Crippen LogP contribution >= 0.6 is 11.9 Å². The minimum atomic E-state index is -0.425. The molecule has 2 atom stereocenters. The SMILES string of the molecule is CCCC(=O)Nc1cc(N(CCO)CCO)ccc1/N=N/C1SN=C(C)C1C#N. The summed E-state index contributed by atoms with van der Waals surface area (Å²) in [6.45, 7) is 4.28. The van der Waals surface area contributed by atoms with Gasteiger partial charge in [0.05, 0.1) is 25.0 Å². The van der Waals surface area contributed by atoms with Gasteiger partial charge in [-0.05, 0) is 31.5 Å². The van der Waals surface area contributed by atoms with E-state index in [2.05, 4.69) is 26.0 Å². The van der Waals surface area contributed by atoms with Crippen molar-refractivity contribution in [2.75, 3.05) is 36.5 Å². The number of aliphatic hydroxyl groups excluding tert-OH is 2. The first-order valence-electron chi connectivity index (χ1n) is 9.45. The third-order valence-electron chi connectivity index (χ3n) is 4.29. The molecular formula is C19H26N6O3S. The molecule has 9 nitrogen and oxygen atoms in total. The van der Waals surface area contributed by atoms with Crippen molar-refractivity contribution in [3.63, 3.8) is 0 Å². The molecule has 0 aliphatic carbocycles. The largest absolute Gasteiger partial charge is 0.395 e. The van der Waals surface area contributed by atoms with E-state index < -0.39 is 11.3 Å². The number of azo groups is 1. The molecule has 1 aliphatic heterocycles. The quantitative estimate of drug-likeness (QED) is 0.395. The number of benzene rings is 1. The number of nitriles is 1. The number of rotatable bonds is 10. The fourth-order valence-corrected chi connectivity index (χ4v) is 3.64. The zero-order chi connectivity index (χ0) is 21.2. The number of aliphatic hydroxyl groups is 2. The fraction of sp³-hybridized carbons (Fsp3) is 0.526. The normalized spacial score (nSPS) is 18.5. The summed E-state index contributed by atoms with van der Waals surface area (Å²) >= 11 is 1.21. The zero-order valence-electron chi connectivity index (χ0n) is 16.6. The molecular weight excluding hydrogens is 392 g/mol. The molecule has 2 rings (SSSR count). The van der Waals surface area contributed by atoms with E-state index in [-0.39, 0.29) is 19.1 Å². The third kappa shape index (κ3) is 6.25. The Balaban J connectivity index is 2.31. The van der Waals surface area contributed by atoms with Gasteiger partial charge in [-0.1, -0.05) is 6.92 Å². The number of nitrogens with one attached hydrogen (secondary N) is 1. The minimum Gasteiger partial charge on any atom is -0.395 e. The lowest BCUT2D eigenvalue weighted by Gasteiger charge is -2.24. The molecule has 1 amide bonds. The fourth-order valence-electron chi connectivity index (χ4n) is 2.78. The van der Waals surface area contributed by atoms with E-state index in [1.165, 1.54) is 11.9 Å². The highest BCUT2D eigenvalue weighted by Crippen LogP contribution is 2.35. The second-order valence-corrected chi connectivity index (χ2v) is 7.36. The van der Waals surface area contributed by atoms with Crippen molar-refractivity contribution in [1.82, 2.24) is 0 Å². The molecule has 1 aromatic rings. The van der Waals surface area contributed by atoms with Gasteiger partial charge in [0.15, 0.2) is 5.37 Å². The molecule has 0 radical (unpaired) electrons. The third-order valence-corrected chi connectivity index (χ3v) is 5.27. The van der Waals surface area contributed by atoms with Crippen LogP contribution in [-0.2, 0) is 4.79 Å². The summed E-state index contributed by atoms with van der Waals surface area (Å²) in [5.41, 5.74) is 2.41. The molecule has 0 spiro atoms. The van der Waals surface area contributed by atoms with E-state index in [0.717, 1.165) is 11.4 Å². The van der Waals surface area contributed by atoms with Crippen LogP contribution in [-0.4, -0.2) is 53.5 Å². The minimum absolute atomic E-state index is 0.0627. The molecule has 0 saturated heterocycles. The molecule has 29 heavy (non-hydrogen) atoms. The predicted molar refractivity (Wildman–Crippen MR) is 114 cm³/mol. The second kappa shape index (κ2) is 11.5. The molecule has 1 heterocycles. The summed E-state index contributed by atoms with van der Waals surface area (Å²) in [7, 11) is 0. The molecule has 0 bridgehead atoms. The summed E-state index contributed by atoms with van der Waals surface area (Å²) in [6.07, 6.45) is 1.09. The predicted octanol–water partition coefficient (Wildman–Crippen LogP) is 2.89. The van der Waals surface area contributed by atoms with Gasteiger partial charge in [0, 0.05) is 42.9 Å². The van der Waals surface area contributed by atoms with Crippen molar-refractivity contribution in [1.29, 1.82) is 5.26 Å². The maximum absolute atomic E-state index is 12.2. The van der Waals surface area contributed by atoms with Crippen LogP contribution in [0, 0.1) is 17.2 Å². The summed E-state index contributed by atoms with van der Waals surface area (Å²) in [5.74, 6) is -0.563. The van der Waals surface area contributed by atoms with E-state index in [4.69, 9.17) is 0 Å². The first-order valence-corrected chi connectivity index (χ1v) is 10.3. The molecule has 10 heteroatoms. The Labute approximate surface area is 174 Å². The first kappa shape index (κ1) is 22.8. The Morgan fingerprint density at radius 1 is 1.38 bits per heavy atom. The molecule has 1 aliphatic rings. The first-order chi connectivity index (χ1) is 14.0. The number of nitrogens with zero attached hydrogens (tertiary/aromatic N) is 5. The van der Waals surface area contributed by atoms with Gasteiger partial charge in [-0.3, -0.25) is 4.79 Å². The van der Waals surface area contributed by atoms with Gasteiger partial charge in [0.1, 0.15) is 11.6 Å². The van der Waals surface area contributed by atoms with Crippen LogP contribution in [0.1, 0.15) is 26.7 Å². The van der Waals surface area contributed by atoms with Gasteiger partial charge in [-0.15, -0.1) is 0 Å². The topological polar surface area (TPSA) is 134 Å². The number of amides is 1. The maximum atomic E-state index is 12.2. The van der Waals surface area contributed by atoms with Crippen molar-refractivity contribution in [3.05, 3.63) is 18.2 Å². The van der Waals surface area contributed by atoms with Crippen molar-refractivity contribution < 1.29 is 15.0 Å². The van der Waals surface area contributed by atoms with Gasteiger partial charge in [-0.2, -0.15) is 15.5 Å². The average molecular weight is 419 g/mol. The van der Waals surface area contributed by atoms with E-state index >= 15 is 0 Å². The average Bonchev–Trinajstić information content (AvgIpc) is 3.06. The summed E-state index contributed by atoms with van der Waals surface area (Å²) in [6, 6.07) is 7.45. The van der Waals surface area contributed by atoms with Crippen LogP contribution in [0.5, 0.6) is 0 Å². The molecule has 2 unspecified atom stereocenters. The van der Waals surface area contributed by atoms with Crippen molar-refractivity contribution in [3.8, 4) is 6.07 Å². The lowest BCUT2D eigenvalue weighted by molar-refractivity contribution is -0.116. The number of carbonyl (C=O) groups excluding carboxylic acids is 1. The zero-order valence-corrected chi connectivity index (χ0v) is 17.4. The Morgan fingerprint density at radius 3 is 2.72 bits per heavy atom. The van der Waals surface area contributed by atoms with Crippen molar-refractivity contribution in [2.24, 2.45) is 20.5 Å². The van der Waals surface area contributed by atoms with Crippen LogP contribution in [0.3, 0.4) is 0 Å². The molecule has 0 saturated carbocycles.